The lowest BCUT2D eigenvalue weighted by Crippen LogP contribution is -2.26. The van der Waals surface area contributed by atoms with Crippen LogP contribution >= 0.6 is 11.6 Å². The first kappa shape index (κ1) is 13.7. The van der Waals surface area contributed by atoms with Crippen molar-refractivity contribution in [3.8, 4) is 5.75 Å². The van der Waals surface area contributed by atoms with Crippen LogP contribution in [-0.2, 0) is 14.3 Å². The number of esters is 1. The lowest BCUT2D eigenvalue weighted by molar-refractivity contribution is -0.145. The number of carbonyl (C=O) groups excluding carboxylic acids is 2. The molecule has 0 saturated carbocycles. The summed E-state index contributed by atoms with van der Waals surface area (Å²) in [5.74, 6) is -0.478. The molecule has 5 nitrogen and oxygen atoms in total. The zero-order valence-corrected chi connectivity index (χ0v) is 11.4. The van der Waals surface area contributed by atoms with Crippen LogP contribution in [0.2, 0.25) is 5.02 Å². The van der Waals surface area contributed by atoms with Crippen LogP contribution < -0.4 is 9.64 Å². The SMILES string of the molecule is COC(=O)C1CC(=O)N(c2cccc(OC)c2Cl)C1. The van der Waals surface area contributed by atoms with Crippen molar-refractivity contribution in [1.82, 2.24) is 0 Å². The van der Waals surface area contributed by atoms with Crippen LogP contribution in [0.25, 0.3) is 0 Å². The zero-order chi connectivity index (χ0) is 14.0. The molecular weight excluding hydrogens is 270 g/mol. The Hall–Kier alpha value is -1.75. The Morgan fingerprint density at radius 2 is 2.16 bits per heavy atom. The molecule has 1 atom stereocenters. The summed E-state index contributed by atoms with van der Waals surface area (Å²) in [6.07, 6.45) is 0.139. The van der Waals surface area contributed by atoms with Crippen LogP contribution in [0.3, 0.4) is 0 Å². The Labute approximate surface area is 116 Å². The summed E-state index contributed by atoms with van der Waals surface area (Å²) < 4.78 is 9.78. The highest BCUT2D eigenvalue weighted by Crippen LogP contribution is 2.37. The van der Waals surface area contributed by atoms with Crippen LogP contribution in [0.1, 0.15) is 6.42 Å². The maximum atomic E-state index is 12.0. The van der Waals surface area contributed by atoms with Crippen molar-refractivity contribution in [3.63, 3.8) is 0 Å². The maximum Gasteiger partial charge on any atom is 0.311 e. The van der Waals surface area contributed by atoms with Gasteiger partial charge in [-0.1, -0.05) is 17.7 Å². The van der Waals surface area contributed by atoms with Crippen molar-refractivity contribution >= 4 is 29.2 Å². The number of methoxy groups -OCH3 is 2. The third-order valence-corrected chi connectivity index (χ3v) is 3.49. The molecule has 1 fully saturated rings. The quantitative estimate of drug-likeness (QED) is 0.795. The molecule has 2 rings (SSSR count). The number of nitrogens with zero attached hydrogens (tertiary/aromatic N) is 1. The number of benzene rings is 1. The second-order valence-corrected chi connectivity index (χ2v) is 4.60. The van der Waals surface area contributed by atoms with Crippen molar-refractivity contribution < 1.29 is 19.1 Å². The normalized spacial score (nSPS) is 18.6. The first-order chi connectivity index (χ1) is 9.08. The minimum atomic E-state index is -0.445. The molecule has 1 aliphatic heterocycles. The van der Waals surface area contributed by atoms with Gasteiger partial charge in [0.25, 0.3) is 0 Å². The molecule has 0 aliphatic carbocycles. The topological polar surface area (TPSA) is 55.8 Å². The summed E-state index contributed by atoms with van der Waals surface area (Å²) in [4.78, 5) is 25.0. The fourth-order valence-electron chi connectivity index (χ4n) is 2.13. The number of anilines is 1. The van der Waals surface area contributed by atoms with Crippen LogP contribution in [0.4, 0.5) is 5.69 Å². The van der Waals surface area contributed by atoms with E-state index in [1.807, 2.05) is 0 Å². The van der Waals surface area contributed by atoms with E-state index in [-0.39, 0.29) is 24.8 Å². The third kappa shape index (κ3) is 2.51. The van der Waals surface area contributed by atoms with E-state index in [9.17, 15) is 9.59 Å². The van der Waals surface area contributed by atoms with E-state index in [4.69, 9.17) is 16.3 Å². The molecule has 1 aromatic carbocycles. The van der Waals surface area contributed by atoms with E-state index in [1.165, 1.54) is 19.1 Å². The average molecular weight is 284 g/mol. The van der Waals surface area contributed by atoms with Crippen molar-refractivity contribution in [3.05, 3.63) is 23.2 Å². The van der Waals surface area contributed by atoms with E-state index in [2.05, 4.69) is 4.74 Å². The first-order valence-corrected chi connectivity index (χ1v) is 6.17. The molecule has 102 valence electrons. The molecule has 0 spiro atoms. The zero-order valence-electron chi connectivity index (χ0n) is 10.7. The Morgan fingerprint density at radius 3 is 2.79 bits per heavy atom. The number of halogens is 1. The molecule has 1 amide bonds. The van der Waals surface area contributed by atoms with E-state index >= 15 is 0 Å². The Bertz CT molecular complexity index is 517. The maximum absolute atomic E-state index is 12.0. The molecule has 6 heteroatoms. The van der Waals surface area contributed by atoms with Gasteiger partial charge in [-0.05, 0) is 12.1 Å². The summed E-state index contributed by atoms with van der Waals surface area (Å²) in [5.41, 5.74) is 0.553. The van der Waals surface area contributed by atoms with Gasteiger partial charge in [-0.15, -0.1) is 0 Å². The van der Waals surface area contributed by atoms with Crippen molar-refractivity contribution in [1.29, 1.82) is 0 Å². The van der Waals surface area contributed by atoms with E-state index < -0.39 is 5.92 Å². The Balaban J connectivity index is 2.28. The summed E-state index contributed by atoms with van der Waals surface area (Å²) in [5, 5.41) is 0.365. The van der Waals surface area contributed by atoms with E-state index in [1.54, 1.807) is 18.2 Å². The van der Waals surface area contributed by atoms with Crippen molar-refractivity contribution in [2.45, 2.75) is 6.42 Å². The molecule has 1 aromatic rings. The van der Waals surface area contributed by atoms with Gasteiger partial charge in [0.15, 0.2) is 0 Å². The van der Waals surface area contributed by atoms with Gasteiger partial charge in [-0.25, -0.2) is 0 Å². The van der Waals surface area contributed by atoms with Gasteiger partial charge in [0, 0.05) is 13.0 Å². The molecule has 0 bridgehead atoms. The van der Waals surface area contributed by atoms with E-state index in [0.29, 0.717) is 16.5 Å². The molecule has 19 heavy (non-hydrogen) atoms. The Morgan fingerprint density at radius 1 is 1.42 bits per heavy atom. The molecule has 0 N–H and O–H groups in total. The Kier molecular flexibility index (Phi) is 3.95. The predicted octanol–water partition coefficient (Wildman–Crippen LogP) is 1.87. The van der Waals surface area contributed by atoms with Crippen LogP contribution in [-0.4, -0.2) is 32.6 Å². The molecule has 1 heterocycles. The standard InChI is InChI=1S/C13H14ClNO4/c1-18-10-5-3-4-9(12(10)14)15-7-8(6-11(15)16)13(17)19-2/h3-5,8H,6-7H2,1-2H3. The fraction of sp³-hybridized carbons (Fsp3) is 0.385. The van der Waals surface area contributed by atoms with Crippen molar-refractivity contribution in [2.24, 2.45) is 5.92 Å². The number of hydrogen-bond donors (Lipinski definition) is 0. The highest BCUT2D eigenvalue weighted by Gasteiger charge is 2.36. The fourth-order valence-corrected chi connectivity index (χ4v) is 2.44. The lowest BCUT2D eigenvalue weighted by atomic mass is 10.1. The highest BCUT2D eigenvalue weighted by atomic mass is 35.5. The smallest absolute Gasteiger partial charge is 0.311 e. The second kappa shape index (κ2) is 5.48. The molecular formula is C13H14ClNO4. The highest BCUT2D eigenvalue weighted by molar-refractivity contribution is 6.35. The molecule has 0 aromatic heterocycles. The number of ether oxygens (including phenoxy) is 2. The lowest BCUT2D eigenvalue weighted by Gasteiger charge is -2.19. The van der Waals surface area contributed by atoms with Gasteiger partial charge in [0.1, 0.15) is 10.8 Å². The van der Waals surface area contributed by atoms with Gasteiger partial charge >= 0.3 is 5.97 Å². The minimum absolute atomic E-state index is 0.139. The third-order valence-electron chi connectivity index (χ3n) is 3.11. The molecule has 1 aliphatic rings. The van der Waals surface area contributed by atoms with Gasteiger partial charge in [-0.2, -0.15) is 0 Å². The average Bonchev–Trinajstić information content (AvgIpc) is 2.80. The number of amides is 1. The first-order valence-electron chi connectivity index (χ1n) is 5.79. The van der Waals surface area contributed by atoms with Crippen LogP contribution in [0, 0.1) is 5.92 Å². The largest absolute Gasteiger partial charge is 0.495 e. The molecule has 1 saturated heterocycles. The van der Waals surface area contributed by atoms with E-state index in [0.717, 1.165) is 0 Å². The van der Waals surface area contributed by atoms with Gasteiger partial charge < -0.3 is 14.4 Å². The predicted molar refractivity (Wildman–Crippen MR) is 70.5 cm³/mol. The van der Waals surface area contributed by atoms with Crippen molar-refractivity contribution in [2.75, 3.05) is 25.7 Å². The molecule has 1 unspecified atom stereocenters. The summed E-state index contributed by atoms with van der Waals surface area (Å²) >= 11 is 6.18. The number of hydrogen-bond acceptors (Lipinski definition) is 4. The molecule has 0 radical (unpaired) electrons. The van der Waals surface area contributed by atoms with Crippen LogP contribution in [0.5, 0.6) is 5.75 Å². The summed E-state index contributed by atoms with van der Waals surface area (Å²) in [6.45, 7) is 0.276. The van der Waals surface area contributed by atoms with Gasteiger partial charge in [0.05, 0.1) is 25.8 Å². The summed E-state index contributed by atoms with van der Waals surface area (Å²) in [7, 11) is 2.82. The minimum Gasteiger partial charge on any atom is -0.495 e. The number of carbonyl (C=O) groups is 2. The summed E-state index contributed by atoms with van der Waals surface area (Å²) in [6, 6.07) is 5.19. The van der Waals surface area contributed by atoms with Gasteiger partial charge in [0.2, 0.25) is 5.91 Å². The monoisotopic (exact) mass is 283 g/mol. The number of rotatable bonds is 3. The van der Waals surface area contributed by atoms with Crippen LogP contribution in [0.15, 0.2) is 18.2 Å². The second-order valence-electron chi connectivity index (χ2n) is 4.22. The van der Waals surface area contributed by atoms with Gasteiger partial charge in [-0.3, -0.25) is 9.59 Å².